The van der Waals surface area contributed by atoms with Gasteiger partial charge in [0.1, 0.15) is 29.1 Å². The summed E-state index contributed by atoms with van der Waals surface area (Å²) in [6.45, 7) is 10.5. The van der Waals surface area contributed by atoms with E-state index in [1.54, 1.807) is 30.1 Å². The van der Waals surface area contributed by atoms with Crippen LogP contribution >= 0.6 is 0 Å². The van der Waals surface area contributed by atoms with Crippen LogP contribution < -0.4 is 20.3 Å². The van der Waals surface area contributed by atoms with Crippen molar-refractivity contribution in [2.45, 2.75) is 26.3 Å². The number of benzene rings is 2. The normalized spacial score (nSPS) is 14.4. The minimum Gasteiger partial charge on any atom is -0.454 e. The Kier molecular flexibility index (Phi) is 7.89. The molecule has 0 bridgehead atoms. The molecule has 2 aromatic carbocycles. The lowest BCUT2D eigenvalue weighted by atomic mass is 9.98. The van der Waals surface area contributed by atoms with Crippen molar-refractivity contribution < 1.29 is 18.3 Å². The highest BCUT2D eigenvalue weighted by atomic mass is 19.1. The molecule has 1 aliphatic rings. The van der Waals surface area contributed by atoms with E-state index < -0.39 is 17.2 Å². The van der Waals surface area contributed by atoms with Gasteiger partial charge in [-0.3, -0.25) is 4.79 Å². The molecule has 0 radical (unpaired) electrons. The number of ether oxygens (including phenoxy) is 1. The number of nitrogens with one attached hydrogen (secondary N) is 3. The van der Waals surface area contributed by atoms with Crippen molar-refractivity contribution >= 4 is 45.6 Å². The average molecular weight is 588 g/mol. The smallest absolute Gasteiger partial charge is 0.246 e. The van der Waals surface area contributed by atoms with Crippen molar-refractivity contribution in [1.29, 1.82) is 5.53 Å². The fraction of sp³-hybridized carbons (Fsp3) is 0.267. The van der Waals surface area contributed by atoms with Crippen LogP contribution in [0.1, 0.15) is 19.4 Å². The van der Waals surface area contributed by atoms with Crippen LogP contribution in [0.3, 0.4) is 0 Å². The van der Waals surface area contributed by atoms with Crippen LogP contribution in [0.15, 0.2) is 60.5 Å². The van der Waals surface area contributed by atoms with Crippen LogP contribution in [-0.4, -0.2) is 58.0 Å². The van der Waals surface area contributed by atoms with Crippen LogP contribution in [0.25, 0.3) is 11.0 Å². The highest BCUT2D eigenvalue weighted by Gasteiger charge is 2.36. The zero-order valence-electron chi connectivity index (χ0n) is 24.2. The fourth-order valence-corrected chi connectivity index (χ4v) is 5.14. The van der Waals surface area contributed by atoms with Crippen LogP contribution in [0.2, 0.25) is 0 Å². The number of carbonyl (C=O) groups excluding carboxylic acids is 1. The summed E-state index contributed by atoms with van der Waals surface area (Å²) >= 11 is 0. The maximum Gasteiger partial charge on any atom is 0.246 e. The zero-order valence-corrected chi connectivity index (χ0v) is 24.2. The van der Waals surface area contributed by atoms with E-state index in [0.717, 1.165) is 6.07 Å². The maximum absolute atomic E-state index is 15.6. The minimum atomic E-state index is -0.801. The number of carbonyl (C=O) groups is 1. The third-order valence-corrected chi connectivity index (χ3v) is 7.36. The van der Waals surface area contributed by atoms with E-state index in [1.165, 1.54) is 25.4 Å². The number of aromatic nitrogens is 3. The number of amides is 1. The van der Waals surface area contributed by atoms with E-state index in [-0.39, 0.29) is 40.2 Å². The lowest BCUT2D eigenvalue weighted by Crippen LogP contribution is -2.61. The maximum atomic E-state index is 15.6. The van der Waals surface area contributed by atoms with Crippen molar-refractivity contribution in [3.05, 3.63) is 72.6 Å². The quantitative estimate of drug-likeness (QED) is 0.158. The van der Waals surface area contributed by atoms with Gasteiger partial charge in [0.05, 0.1) is 22.4 Å². The molecule has 0 unspecified atom stereocenters. The molecule has 1 saturated heterocycles. The first-order valence-electron chi connectivity index (χ1n) is 13.5. The van der Waals surface area contributed by atoms with Gasteiger partial charge >= 0.3 is 0 Å². The average Bonchev–Trinajstić information content (AvgIpc) is 3.00. The second-order valence-corrected chi connectivity index (χ2v) is 10.6. The Morgan fingerprint density at radius 3 is 2.65 bits per heavy atom. The first-order valence-corrected chi connectivity index (χ1v) is 13.5. The number of rotatable bonds is 8. The molecule has 13 heteroatoms. The third-order valence-electron chi connectivity index (χ3n) is 7.36. The number of anilines is 4. The molecule has 11 nitrogen and oxygen atoms in total. The van der Waals surface area contributed by atoms with E-state index in [1.807, 2.05) is 19.9 Å². The van der Waals surface area contributed by atoms with Crippen molar-refractivity contribution in [2.24, 2.45) is 5.11 Å². The van der Waals surface area contributed by atoms with Gasteiger partial charge in [0, 0.05) is 44.4 Å². The number of hydrogen-bond acceptors (Lipinski definition) is 10. The first kappa shape index (κ1) is 29.3. The standard InChI is InChI=1S/C30H31F2N9O2/c1-6-25(42)41-12-11-40(15-30(41,3)4)24-10-9-21-27(38-24)29(36-16-35-21)37-23-14-19(31)28(17(2)26(23)32)43-18-7-8-20(34-5)22(13-18)39-33/h6-10,13-14,16,33-34H,1,11-12,15H2,2-5H3,(H,35,36,37). The predicted octanol–water partition coefficient (Wildman–Crippen LogP) is 6.46. The van der Waals surface area contributed by atoms with Crippen molar-refractivity contribution in [1.82, 2.24) is 19.9 Å². The minimum absolute atomic E-state index is 0.0641. The monoisotopic (exact) mass is 587 g/mol. The van der Waals surface area contributed by atoms with Gasteiger partial charge in [-0.1, -0.05) is 6.58 Å². The number of halogens is 2. The number of piperazine rings is 1. The first-order chi connectivity index (χ1) is 20.6. The number of fused-ring (bicyclic) bond motifs is 1. The second-order valence-electron chi connectivity index (χ2n) is 10.6. The molecular formula is C30H31F2N9O2. The Bertz CT molecular complexity index is 1750. The zero-order chi connectivity index (χ0) is 30.9. The van der Waals surface area contributed by atoms with Gasteiger partial charge in [-0.25, -0.2) is 29.3 Å². The van der Waals surface area contributed by atoms with E-state index in [2.05, 4.69) is 37.2 Å². The van der Waals surface area contributed by atoms with Crippen LogP contribution in [-0.2, 0) is 4.79 Å². The highest BCUT2D eigenvalue weighted by molar-refractivity contribution is 5.89. The Balaban J connectivity index is 1.44. The molecule has 0 spiro atoms. The number of nitrogens with zero attached hydrogens (tertiary/aromatic N) is 6. The Morgan fingerprint density at radius 2 is 1.95 bits per heavy atom. The van der Waals surface area contributed by atoms with Crippen LogP contribution in [0.4, 0.5) is 37.5 Å². The van der Waals surface area contributed by atoms with E-state index in [4.69, 9.17) is 15.3 Å². The molecule has 0 aliphatic carbocycles. The topological polar surface area (TPSA) is 132 Å². The Morgan fingerprint density at radius 1 is 1.16 bits per heavy atom. The molecule has 4 aromatic rings. The summed E-state index contributed by atoms with van der Waals surface area (Å²) in [6.07, 6.45) is 2.63. The molecule has 1 aliphatic heterocycles. The molecule has 43 heavy (non-hydrogen) atoms. The summed E-state index contributed by atoms with van der Waals surface area (Å²) in [6, 6.07) is 9.26. The molecule has 1 fully saturated rings. The number of hydrogen-bond donors (Lipinski definition) is 3. The molecular weight excluding hydrogens is 556 g/mol. The van der Waals surface area contributed by atoms with E-state index >= 15 is 8.78 Å². The van der Waals surface area contributed by atoms with Gasteiger partial charge in [-0.05, 0) is 51.1 Å². The van der Waals surface area contributed by atoms with Crippen molar-refractivity contribution in [2.75, 3.05) is 42.2 Å². The molecule has 3 heterocycles. The van der Waals surface area contributed by atoms with Gasteiger partial charge in [-0.15, -0.1) is 0 Å². The van der Waals surface area contributed by atoms with Gasteiger partial charge in [-0.2, -0.15) is 5.11 Å². The molecule has 2 aromatic heterocycles. The van der Waals surface area contributed by atoms with E-state index in [9.17, 15) is 4.79 Å². The van der Waals surface area contributed by atoms with E-state index in [0.29, 0.717) is 42.2 Å². The summed E-state index contributed by atoms with van der Waals surface area (Å²) < 4.78 is 36.6. The largest absolute Gasteiger partial charge is 0.454 e. The van der Waals surface area contributed by atoms with Crippen molar-refractivity contribution in [3.63, 3.8) is 0 Å². The lowest BCUT2D eigenvalue weighted by Gasteiger charge is -2.47. The number of pyridine rings is 1. The summed E-state index contributed by atoms with van der Waals surface area (Å²) in [5.41, 5.74) is 8.42. The highest BCUT2D eigenvalue weighted by Crippen LogP contribution is 2.38. The van der Waals surface area contributed by atoms with Gasteiger partial charge in [0.25, 0.3) is 0 Å². The third kappa shape index (κ3) is 5.65. The molecule has 0 atom stereocenters. The summed E-state index contributed by atoms with van der Waals surface area (Å²) in [5.74, 6) is -0.923. The van der Waals surface area contributed by atoms with Crippen molar-refractivity contribution in [3.8, 4) is 11.5 Å². The Hall–Kier alpha value is -5.20. The predicted molar refractivity (Wildman–Crippen MR) is 161 cm³/mol. The molecule has 1 amide bonds. The fourth-order valence-electron chi connectivity index (χ4n) is 5.14. The van der Waals surface area contributed by atoms with Gasteiger partial charge in [0.15, 0.2) is 23.2 Å². The molecule has 222 valence electrons. The van der Waals surface area contributed by atoms with Gasteiger partial charge < -0.3 is 25.2 Å². The Labute approximate surface area is 247 Å². The summed E-state index contributed by atoms with van der Waals surface area (Å²) in [4.78, 5) is 29.5. The van der Waals surface area contributed by atoms with Gasteiger partial charge in [0.2, 0.25) is 5.91 Å². The molecule has 5 rings (SSSR count). The summed E-state index contributed by atoms with van der Waals surface area (Å²) in [7, 11) is 1.68. The lowest BCUT2D eigenvalue weighted by molar-refractivity contribution is -0.131. The SMILES string of the molecule is C=CC(=O)N1CCN(c2ccc3ncnc(Nc4cc(F)c(Oc5ccc(NC)c(N=N)c5)c(C)c4F)c3n2)CC1(C)C. The van der Waals surface area contributed by atoms with Crippen LogP contribution in [0, 0.1) is 24.1 Å². The molecule has 3 N–H and O–H groups in total. The van der Waals surface area contributed by atoms with Crippen LogP contribution in [0.5, 0.6) is 11.5 Å². The molecule has 0 saturated carbocycles. The second kappa shape index (κ2) is 11.6. The summed E-state index contributed by atoms with van der Waals surface area (Å²) in [5, 5.41) is 9.22.